The van der Waals surface area contributed by atoms with Crippen LogP contribution in [0.3, 0.4) is 0 Å². The maximum absolute atomic E-state index is 9.41. The van der Waals surface area contributed by atoms with Crippen LogP contribution in [0.1, 0.15) is 5.56 Å². The van der Waals surface area contributed by atoms with E-state index in [0.717, 1.165) is 38.6 Å². The maximum atomic E-state index is 9.41. The molecule has 0 atom stereocenters. The molecule has 0 unspecified atom stereocenters. The van der Waals surface area contributed by atoms with Gasteiger partial charge in [-0.1, -0.05) is 72.3 Å². The van der Waals surface area contributed by atoms with E-state index in [2.05, 4.69) is 24.3 Å². The summed E-state index contributed by atoms with van der Waals surface area (Å²) in [5.41, 5.74) is 6.19. The van der Waals surface area contributed by atoms with Crippen molar-refractivity contribution in [3.8, 4) is 28.3 Å². The van der Waals surface area contributed by atoms with Gasteiger partial charge in [0.15, 0.2) is 5.58 Å². The van der Waals surface area contributed by atoms with Gasteiger partial charge in [-0.05, 0) is 41.0 Å². The predicted molar refractivity (Wildman–Crippen MR) is 114 cm³/mol. The molecule has 132 valence electrons. The zero-order chi connectivity index (χ0) is 19.1. The number of nitriles is 1. The van der Waals surface area contributed by atoms with E-state index >= 15 is 0 Å². The quantitative estimate of drug-likeness (QED) is 0.319. The van der Waals surface area contributed by atoms with Crippen molar-refractivity contribution >= 4 is 33.5 Å². The van der Waals surface area contributed by atoms with Crippen molar-refractivity contribution in [3.05, 3.63) is 95.5 Å². The molecule has 28 heavy (non-hydrogen) atoms. The summed E-state index contributed by atoms with van der Waals surface area (Å²) < 4.78 is 6.18. The summed E-state index contributed by atoms with van der Waals surface area (Å²) in [6.45, 7) is 0. The fraction of sp³-hybridized carbons (Fsp3) is 0. The summed E-state index contributed by atoms with van der Waals surface area (Å²) >= 11 is 6.16. The highest BCUT2D eigenvalue weighted by Crippen LogP contribution is 2.37. The molecule has 0 fully saturated rings. The summed E-state index contributed by atoms with van der Waals surface area (Å²) in [6.07, 6.45) is 0. The van der Waals surface area contributed by atoms with Crippen molar-refractivity contribution in [1.82, 2.24) is 0 Å². The third-order valence-electron chi connectivity index (χ3n) is 4.98. The van der Waals surface area contributed by atoms with Gasteiger partial charge in [-0.3, -0.25) is 0 Å². The van der Waals surface area contributed by atoms with Gasteiger partial charge in [-0.2, -0.15) is 5.26 Å². The number of rotatable bonds is 2. The van der Waals surface area contributed by atoms with Crippen LogP contribution in [0.5, 0.6) is 0 Å². The second-order valence-electron chi connectivity index (χ2n) is 6.67. The van der Waals surface area contributed by atoms with E-state index < -0.39 is 0 Å². The number of fused-ring (bicyclic) bond motifs is 3. The summed E-state index contributed by atoms with van der Waals surface area (Å²) in [5, 5.41) is 12.1. The lowest BCUT2D eigenvalue weighted by Gasteiger charge is -2.07. The van der Waals surface area contributed by atoms with Crippen LogP contribution in [0.15, 0.2) is 89.3 Å². The normalized spacial score (nSPS) is 11.0. The van der Waals surface area contributed by atoms with E-state index in [1.54, 1.807) is 6.07 Å². The predicted octanol–water partition coefficient (Wildman–Crippen LogP) is 7.45. The molecule has 0 aliphatic carbocycles. The monoisotopic (exact) mass is 379 g/mol. The molecule has 1 heterocycles. The molecule has 0 bridgehead atoms. The van der Waals surface area contributed by atoms with Crippen LogP contribution in [-0.4, -0.2) is 0 Å². The summed E-state index contributed by atoms with van der Waals surface area (Å²) in [4.78, 5) is 0. The van der Waals surface area contributed by atoms with Gasteiger partial charge >= 0.3 is 0 Å². The number of nitrogens with zero attached hydrogens (tertiary/aromatic N) is 1. The molecule has 5 rings (SSSR count). The SMILES string of the molecule is N#Cc1cccc2c1oc1c(-c3cccc(-c4cccc(Cl)c4)c3)cccc12. The molecule has 0 aliphatic heterocycles. The van der Waals surface area contributed by atoms with Crippen molar-refractivity contribution in [1.29, 1.82) is 5.26 Å². The number of hydrogen-bond donors (Lipinski definition) is 0. The molecule has 0 radical (unpaired) electrons. The number of benzene rings is 4. The molecule has 0 aliphatic rings. The lowest BCUT2D eigenvalue weighted by Crippen LogP contribution is -1.82. The lowest BCUT2D eigenvalue weighted by atomic mass is 9.97. The van der Waals surface area contributed by atoms with Crippen LogP contribution in [0, 0.1) is 11.3 Å². The zero-order valence-electron chi connectivity index (χ0n) is 14.8. The second kappa shape index (κ2) is 6.56. The lowest BCUT2D eigenvalue weighted by molar-refractivity contribution is 0.668. The molecule has 0 saturated heterocycles. The molecule has 4 aromatic carbocycles. The third kappa shape index (κ3) is 2.65. The van der Waals surface area contributed by atoms with E-state index in [4.69, 9.17) is 16.0 Å². The third-order valence-corrected chi connectivity index (χ3v) is 5.21. The first kappa shape index (κ1) is 16.6. The van der Waals surface area contributed by atoms with Gasteiger partial charge in [0.05, 0.1) is 5.56 Å². The fourth-order valence-electron chi connectivity index (χ4n) is 3.67. The molecule has 0 spiro atoms. The fourth-order valence-corrected chi connectivity index (χ4v) is 3.86. The van der Waals surface area contributed by atoms with Crippen LogP contribution in [0.25, 0.3) is 44.2 Å². The van der Waals surface area contributed by atoms with Crippen LogP contribution in [0.4, 0.5) is 0 Å². The Hall–Kier alpha value is -3.54. The van der Waals surface area contributed by atoms with E-state index in [-0.39, 0.29) is 0 Å². The maximum Gasteiger partial charge on any atom is 0.153 e. The van der Waals surface area contributed by atoms with Gasteiger partial charge in [0.1, 0.15) is 11.7 Å². The van der Waals surface area contributed by atoms with Crippen molar-refractivity contribution in [2.24, 2.45) is 0 Å². The first-order valence-electron chi connectivity index (χ1n) is 8.95. The smallest absolute Gasteiger partial charge is 0.153 e. The highest BCUT2D eigenvalue weighted by molar-refractivity contribution is 6.30. The Morgan fingerprint density at radius 3 is 2.11 bits per heavy atom. The van der Waals surface area contributed by atoms with Gasteiger partial charge in [0.2, 0.25) is 0 Å². The summed E-state index contributed by atoms with van der Waals surface area (Å²) in [6, 6.07) is 30.1. The zero-order valence-corrected chi connectivity index (χ0v) is 15.6. The first-order chi connectivity index (χ1) is 13.7. The van der Waals surface area contributed by atoms with Crippen molar-refractivity contribution < 1.29 is 4.42 Å². The Bertz CT molecular complexity index is 1390. The Labute approximate surface area is 167 Å². The Morgan fingerprint density at radius 2 is 1.32 bits per heavy atom. The number of hydrogen-bond acceptors (Lipinski definition) is 2. The minimum atomic E-state index is 0.548. The van der Waals surface area contributed by atoms with Gasteiger partial charge in [0.25, 0.3) is 0 Å². The molecular formula is C25H14ClNO. The number of furan rings is 1. The minimum absolute atomic E-state index is 0.548. The summed E-state index contributed by atoms with van der Waals surface area (Å²) in [5.74, 6) is 0. The van der Waals surface area contributed by atoms with Gasteiger partial charge < -0.3 is 4.42 Å². The topological polar surface area (TPSA) is 36.9 Å². The summed E-state index contributed by atoms with van der Waals surface area (Å²) in [7, 11) is 0. The van der Waals surface area contributed by atoms with Crippen LogP contribution >= 0.6 is 11.6 Å². The van der Waals surface area contributed by atoms with E-state index in [1.807, 2.05) is 60.7 Å². The Morgan fingerprint density at radius 1 is 0.679 bits per heavy atom. The Balaban J connectivity index is 1.74. The van der Waals surface area contributed by atoms with Gasteiger partial charge in [-0.25, -0.2) is 0 Å². The standard InChI is InChI=1S/C25H14ClNO/c26-20-9-2-6-17(14-20)16-5-1-7-18(13-16)21-10-4-12-23-22-11-3-8-19(15-27)24(22)28-25(21)23/h1-14H. The molecule has 5 aromatic rings. The number of halogens is 1. The molecule has 0 saturated carbocycles. The van der Waals surface area contributed by atoms with Crippen molar-refractivity contribution in [3.63, 3.8) is 0 Å². The highest BCUT2D eigenvalue weighted by Gasteiger charge is 2.14. The molecule has 3 heteroatoms. The van der Waals surface area contributed by atoms with Crippen LogP contribution in [-0.2, 0) is 0 Å². The molecule has 2 nitrogen and oxygen atoms in total. The average Bonchev–Trinajstić information content (AvgIpc) is 3.13. The minimum Gasteiger partial charge on any atom is -0.454 e. The average molecular weight is 380 g/mol. The van der Waals surface area contributed by atoms with E-state index in [0.29, 0.717) is 16.2 Å². The van der Waals surface area contributed by atoms with Crippen molar-refractivity contribution in [2.45, 2.75) is 0 Å². The van der Waals surface area contributed by atoms with E-state index in [9.17, 15) is 5.26 Å². The van der Waals surface area contributed by atoms with E-state index in [1.165, 1.54) is 0 Å². The second-order valence-corrected chi connectivity index (χ2v) is 7.11. The van der Waals surface area contributed by atoms with Gasteiger partial charge in [-0.15, -0.1) is 0 Å². The Kier molecular flexibility index (Phi) is 3.90. The van der Waals surface area contributed by atoms with Crippen LogP contribution < -0.4 is 0 Å². The number of para-hydroxylation sites is 2. The van der Waals surface area contributed by atoms with Crippen molar-refractivity contribution in [2.75, 3.05) is 0 Å². The van der Waals surface area contributed by atoms with Crippen LogP contribution in [0.2, 0.25) is 5.02 Å². The molecule has 0 N–H and O–H groups in total. The first-order valence-corrected chi connectivity index (χ1v) is 9.33. The largest absolute Gasteiger partial charge is 0.454 e. The highest BCUT2D eigenvalue weighted by atomic mass is 35.5. The molecule has 0 amide bonds. The van der Waals surface area contributed by atoms with Gasteiger partial charge in [0, 0.05) is 21.4 Å². The molecular weight excluding hydrogens is 366 g/mol. The molecule has 1 aromatic heterocycles.